The molecule has 0 aliphatic carbocycles. The number of rotatable bonds is 0. The summed E-state index contributed by atoms with van der Waals surface area (Å²) in [6.45, 7) is 6.93. The molecule has 0 N–H and O–H groups in total. The van der Waals surface area contributed by atoms with Crippen molar-refractivity contribution < 1.29 is 9.53 Å². The van der Waals surface area contributed by atoms with Gasteiger partial charge in [-0.3, -0.25) is 4.79 Å². The van der Waals surface area contributed by atoms with Crippen molar-refractivity contribution in [1.82, 2.24) is 0 Å². The van der Waals surface area contributed by atoms with Crippen LogP contribution >= 0.6 is 0 Å². The standard InChI is InChI=1S/C13H16O2/c1-9-4-5-10-7-15-8-13(2,3)12(14)11(10)6-9/h4-6H,7-8H2,1-3H3. The van der Waals surface area contributed by atoms with Crippen LogP contribution in [-0.2, 0) is 11.3 Å². The minimum Gasteiger partial charge on any atom is -0.376 e. The number of carbonyl (C=O) groups is 1. The first-order valence-electron chi connectivity index (χ1n) is 5.23. The summed E-state index contributed by atoms with van der Waals surface area (Å²) >= 11 is 0. The third-order valence-electron chi connectivity index (χ3n) is 2.85. The SMILES string of the molecule is Cc1ccc2c(c1)C(=O)C(C)(C)COC2. The van der Waals surface area contributed by atoms with Crippen molar-refractivity contribution in [3.8, 4) is 0 Å². The first-order chi connectivity index (χ1) is 7.00. The molecule has 0 bridgehead atoms. The van der Waals surface area contributed by atoms with E-state index in [0.717, 1.165) is 16.7 Å². The highest BCUT2D eigenvalue weighted by Crippen LogP contribution is 2.29. The van der Waals surface area contributed by atoms with Crippen LogP contribution in [-0.4, -0.2) is 12.4 Å². The molecular weight excluding hydrogens is 188 g/mol. The minimum atomic E-state index is -0.404. The first kappa shape index (κ1) is 10.4. The molecule has 0 radical (unpaired) electrons. The van der Waals surface area contributed by atoms with Crippen molar-refractivity contribution >= 4 is 5.78 Å². The van der Waals surface area contributed by atoms with Crippen molar-refractivity contribution in [2.45, 2.75) is 27.4 Å². The van der Waals surface area contributed by atoms with Crippen LogP contribution < -0.4 is 0 Å². The van der Waals surface area contributed by atoms with Gasteiger partial charge in [0.25, 0.3) is 0 Å². The molecule has 1 aliphatic heterocycles. The Balaban J connectivity index is 2.54. The number of ether oxygens (including phenoxy) is 1. The number of aryl methyl sites for hydroxylation is 1. The van der Waals surface area contributed by atoms with Crippen molar-refractivity contribution in [2.75, 3.05) is 6.61 Å². The summed E-state index contributed by atoms with van der Waals surface area (Å²) in [5, 5.41) is 0. The zero-order valence-corrected chi connectivity index (χ0v) is 9.46. The zero-order chi connectivity index (χ0) is 11.1. The Morgan fingerprint density at radius 1 is 1.33 bits per heavy atom. The maximum absolute atomic E-state index is 12.2. The fraction of sp³-hybridized carbons (Fsp3) is 0.462. The predicted molar refractivity (Wildman–Crippen MR) is 58.9 cm³/mol. The maximum atomic E-state index is 12.2. The van der Waals surface area contributed by atoms with E-state index in [-0.39, 0.29) is 5.78 Å². The Hall–Kier alpha value is -1.15. The van der Waals surface area contributed by atoms with Gasteiger partial charge in [0, 0.05) is 5.56 Å². The highest BCUT2D eigenvalue weighted by molar-refractivity contribution is 6.01. The van der Waals surface area contributed by atoms with Crippen LogP contribution in [0, 0.1) is 12.3 Å². The van der Waals surface area contributed by atoms with Gasteiger partial charge in [0.2, 0.25) is 0 Å². The third-order valence-corrected chi connectivity index (χ3v) is 2.85. The minimum absolute atomic E-state index is 0.193. The normalized spacial score (nSPS) is 19.5. The molecule has 0 saturated carbocycles. The van der Waals surface area contributed by atoms with E-state index in [2.05, 4.69) is 0 Å². The van der Waals surface area contributed by atoms with Gasteiger partial charge in [-0.25, -0.2) is 0 Å². The Bertz CT molecular complexity index is 405. The Labute approximate surface area is 90.3 Å². The Kier molecular flexibility index (Phi) is 2.39. The summed E-state index contributed by atoms with van der Waals surface area (Å²) in [6.07, 6.45) is 0. The summed E-state index contributed by atoms with van der Waals surface area (Å²) in [5.41, 5.74) is 2.56. The lowest BCUT2D eigenvalue weighted by molar-refractivity contribution is 0.0488. The van der Waals surface area contributed by atoms with Gasteiger partial charge in [0.15, 0.2) is 5.78 Å². The van der Waals surface area contributed by atoms with E-state index in [1.807, 2.05) is 39.0 Å². The molecule has 0 aromatic heterocycles. The van der Waals surface area contributed by atoms with Crippen LogP contribution in [0.3, 0.4) is 0 Å². The van der Waals surface area contributed by atoms with Crippen LogP contribution in [0.2, 0.25) is 0 Å². The molecule has 2 rings (SSSR count). The molecule has 0 unspecified atom stereocenters. The van der Waals surface area contributed by atoms with Gasteiger partial charge < -0.3 is 4.74 Å². The van der Waals surface area contributed by atoms with Crippen molar-refractivity contribution in [3.63, 3.8) is 0 Å². The number of Topliss-reactive ketones (excluding diaryl/α,β-unsaturated/α-hetero) is 1. The molecule has 2 heteroatoms. The quantitative estimate of drug-likeness (QED) is 0.649. The molecule has 0 saturated heterocycles. The fourth-order valence-electron chi connectivity index (χ4n) is 1.87. The lowest BCUT2D eigenvalue weighted by atomic mass is 9.84. The van der Waals surface area contributed by atoms with Gasteiger partial charge in [0.1, 0.15) is 0 Å². The van der Waals surface area contributed by atoms with Gasteiger partial charge in [-0.15, -0.1) is 0 Å². The van der Waals surface area contributed by atoms with Gasteiger partial charge in [-0.1, -0.05) is 31.5 Å². The number of hydrogen-bond donors (Lipinski definition) is 0. The molecule has 1 heterocycles. The van der Waals surface area contributed by atoms with Gasteiger partial charge in [0.05, 0.1) is 18.6 Å². The average molecular weight is 204 g/mol. The van der Waals surface area contributed by atoms with Crippen LogP contribution in [0.5, 0.6) is 0 Å². The van der Waals surface area contributed by atoms with Crippen LogP contribution in [0.4, 0.5) is 0 Å². The average Bonchev–Trinajstić information content (AvgIpc) is 2.27. The van der Waals surface area contributed by atoms with Crippen molar-refractivity contribution in [3.05, 3.63) is 34.9 Å². The number of benzene rings is 1. The molecule has 80 valence electrons. The monoisotopic (exact) mass is 204 g/mol. The molecule has 0 atom stereocenters. The van der Waals surface area contributed by atoms with E-state index >= 15 is 0 Å². The van der Waals surface area contributed by atoms with Crippen LogP contribution in [0.25, 0.3) is 0 Å². The van der Waals surface area contributed by atoms with Crippen molar-refractivity contribution in [1.29, 1.82) is 0 Å². The second-order valence-electron chi connectivity index (χ2n) is 4.87. The highest BCUT2D eigenvalue weighted by atomic mass is 16.5. The lowest BCUT2D eigenvalue weighted by Crippen LogP contribution is -2.27. The van der Waals surface area contributed by atoms with E-state index < -0.39 is 5.41 Å². The third kappa shape index (κ3) is 1.82. The summed E-state index contributed by atoms with van der Waals surface area (Å²) in [7, 11) is 0. The van der Waals surface area contributed by atoms with E-state index in [4.69, 9.17) is 4.74 Å². The molecule has 2 nitrogen and oxygen atoms in total. The molecule has 1 aliphatic rings. The second-order valence-corrected chi connectivity index (χ2v) is 4.87. The molecule has 15 heavy (non-hydrogen) atoms. The van der Waals surface area contributed by atoms with E-state index in [1.54, 1.807) is 0 Å². The molecule has 0 fully saturated rings. The lowest BCUT2D eigenvalue weighted by Gasteiger charge is -2.19. The fourth-order valence-corrected chi connectivity index (χ4v) is 1.87. The smallest absolute Gasteiger partial charge is 0.171 e. The Morgan fingerprint density at radius 2 is 2.07 bits per heavy atom. The zero-order valence-electron chi connectivity index (χ0n) is 9.46. The maximum Gasteiger partial charge on any atom is 0.171 e. The van der Waals surface area contributed by atoms with E-state index in [1.165, 1.54) is 0 Å². The predicted octanol–water partition coefficient (Wildman–Crippen LogP) is 2.73. The molecule has 1 aromatic rings. The highest BCUT2D eigenvalue weighted by Gasteiger charge is 2.32. The largest absolute Gasteiger partial charge is 0.376 e. The molecule has 0 amide bonds. The number of ketones is 1. The second kappa shape index (κ2) is 3.46. The summed E-state index contributed by atoms with van der Waals surface area (Å²) in [5.74, 6) is 0.193. The summed E-state index contributed by atoms with van der Waals surface area (Å²) < 4.78 is 5.53. The molecule has 1 aromatic carbocycles. The first-order valence-corrected chi connectivity index (χ1v) is 5.23. The number of fused-ring (bicyclic) bond motifs is 1. The number of hydrogen-bond acceptors (Lipinski definition) is 2. The molecule has 0 spiro atoms. The Morgan fingerprint density at radius 3 is 2.80 bits per heavy atom. The topological polar surface area (TPSA) is 26.3 Å². The van der Waals surface area contributed by atoms with Gasteiger partial charge >= 0.3 is 0 Å². The van der Waals surface area contributed by atoms with Crippen molar-refractivity contribution in [2.24, 2.45) is 5.41 Å². The summed E-state index contributed by atoms with van der Waals surface area (Å²) in [4.78, 5) is 12.2. The van der Waals surface area contributed by atoms with Gasteiger partial charge in [-0.2, -0.15) is 0 Å². The van der Waals surface area contributed by atoms with Crippen LogP contribution in [0.15, 0.2) is 18.2 Å². The van der Waals surface area contributed by atoms with Crippen LogP contribution in [0.1, 0.15) is 35.3 Å². The van der Waals surface area contributed by atoms with Gasteiger partial charge in [-0.05, 0) is 18.6 Å². The van der Waals surface area contributed by atoms with E-state index in [9.17, 15) is 4.79 Å². The summed E-state index contributed by atoms with van der Waals surface area (Å²) in [6, 6.07) is 5.98. The molecular formula is C13H16O2. The van der Waals surface area contributed by atoms with E-state index in [0.29, 0.717) is 13.2 Å². The number of carbonyl (C=O) groups excluding carboxylic acids is 1.